The van der Waals surface area contributed by atoms with Crippen LogP contribution in [0, 0.1) is 23.2 Å². The van der Waals surface area contributed by atoms with Crippen molar-refractivity contribution < 1.29 is 5.11 Å². The van der Waals surface area contributed by atoms with E-state index in [9.17, 15) is 5.11 Å². The van der Waals surface area contributed by atoms with Gasteiger partial charge in [-0.15, -0.1) is 0 Å². The molecule has 0 aromatic rings. The Hall–Kier alpha value is -0.560. The molecule has 2 saturated carbocycles. The predicted octanol–water partition coefficient (Wildman–Crippen LogP) is 5.26. The van der Waals surface area contributed by atoms with Crippen LogP contribution >= 0.6 is 0 Å². The van der Waals surface area contributed by atoms with E-state index < -0.39 is 0 Å². The first-order chi connectivity index (χ1) is 9.59. The maximum absolute atomic E-state index is 9.96. The maximum Gasteiger partial charge on any atom is 0.0724 e. The number of fused-ring (bicyclic) bond motifs is 5. The molecular formula is C20H32O. The Bertz CT molecular complexity index is 486. The molecule has 0 spiro atoms. The molecule has 0 saturated heterocycles. The van der Waals surface area contributed by atoms with E-state index >= 15 is 0 Å². The van der Waals surface area contributed by atoms with E-state index in [1.807, 2.05) is 5.57 Å². The molecule has 0 heterocycles. The summed E-state index contributed by atoms with van der Waals surface area (Å²) in [6.45, 7) is 4.89. The molecule has 1 heteroatoms. The summed E-state index contributed by atoms with van der Waals surface area (Å²) in [6.07, 6.45) is 12.4. The first kappa shape index (κ1) is 15.3. The highest BCUT2D eigenvalue weighted by atomic mass is 16.3. The molecule has 0 aromatic heterocycles. The van der Waals surface area contributed by atoms with Crippen LogP contribution in [0.4, 0.5) is 0 Å². The molecular weight excluding hydrogens is 256 g/mol. The molecule has 0 bridgehead atoms. The molecule has 118 valence electrons. The maximum atomic E-state index is 9.96. The van der Waals surface area contributed by atoms with Gasteiger partial charge >= 0.3 is 0 Å². The van der Waals surface area contributed by atoms with Gasteiger partial charge in [-0.25, -0.2) is 0 Å². The smallest absolute Gasteiger partial charge is 0.0724 e. The van der Waals surface area contributed by atoms with Crippen LogP contribution in [0.5, 0.6) is 0 Å². The van der Waals surface area contributed by atoms with Crippen molar-refractivity contribution in [1.29, 1.82) is 0 Å². The quantitative estimate of drug-likeness (QED) is 0.603. The lowest BCUT2D eigenvalue weighted by Gasteiger charge is -2.54. The summed E-state index contributed by atoms with van der Waals surface area (Å²) in [4.78, 5) is 0. The molecule has 0 aromatic carbocycles. The average molecular weight is 288 g/mol. The van der Waals surface area contributed by atoms with Crippen LogP contribution in [0.25, 0.3) is 0 Å². The average Bonchev–Trinajstić information content (AvgIpc) is 2.82. The van der Waals surface area contributed by atoms with Crippen LogP contribution < -0.4 is 0 Å². The monoisotopic (exact) mass is 288 g/mol. The largest absolute Gasteiger partial charge is 0.389 e. The molecule has 4 rings (SSSR count). The third kappa shape index (κ3) is 2.15. The third-order valence-electron chi connectivity index (χ3n) is 7.24. The lowest BCUT2D eigenvalue weighted by atomic mass is 9.50. The molecule has 3 unspecified atom stereocenters. The van der Waals surface area contributed by atoms with E-state index in [0.717, 1.165) is 24.2 Å². The molecule has 0 amide bonds. The minimum absolute atomic E-state index is 0. The molecule has 1 N–H and O–H groups in total. The number of allylic oxidation sites excluding steroid dienone is 3. The molecule has 1 nitrogen and oxygen atoms in total. The highest BCUT2D eigenvalue weighted by Crippen LogP contribution is 2.61. The van der Waals surface area contributed by atoms with Gasteiger partial charge in [0.1, 0.15) is 0 Å². The summed E-state index contributed by atoms with van der Waals surface area (Å²) in [6, 6.07) is 0. The van der Waals surface area contributed by atoms with E-state index in [0.29, 0.717) is 5.41 Å². The SMILES string of the molecule is C.CC1=C2CCC3C(CCC4=C[C@H](O)CC[C@@]43C)C2CC1. The van der Waals surface area contributed by atoms with E-state index in [4.69, 9.17) is 0 Å². The number of rotatable bonds is 0. The van der Waals surface area contributed by atoms with Crippen molar-refractivity contribution in [3.8, 4) is 0 Å². The Morgan fingerprint density at radius 3 is 2.71 bits per heavy atom. The Morgan fingerprint density at radius 1 is 1.10 bits per heavy atom. The van der Waals surface area contributed by atoms with Gasteiger partial charge in [-0.05, 0) is 81.5 Å². The lowest BCUT2D eigenvalue weighted by molar-refractivity contribution is 0.0285. The van der Waals surface area contributed by atoms with Gasteiger partial charge in [0.25, 0.3) is 0 Å². The number of hydrogen-bond acceptors (Lipinski definition) is 1. The second-order valence-electron chi connectivity index (χ2n) is 8.01. The fraction of sp³-hybridized carbons (Fsp3) is 0.800. The first-order valence-electron chi connectivity index (χ1n) is 8.67. The number of aliphatic hydroxyl groups excluding tert-OH is 1. The van der Waals surface area contributed by atoms with Crippen molar-refractivity contribution >= 4 is 0 Å². The van der Waals surface area contributed by atoms with Gasteiger partial charge in [0.15, 0.2) is 0 Å². The zero-order chi connectivity index (χ0) is 13.9. The topological polar surface area (TPSA) is 20.2 Å². The zero-order valence-corrected chi connectivity index (χ0v) is 13.0. The highest BCUT2D eigenvalue weighted by molar-refractivity contribution is 5.30. The molecule has 21 heavy (non-hydrogen) atoms. The summed E-state index contributed by atoms with van der Waals surface area (Å²) in [5, 5.41) is 9.96. The number of hydrogen-bond donors (Lipinski definition) is 1. The summed E-state index contributed by atoms with van der Waals surface area (Å²) in [5.74, 6) is 2.74. The van der Waals surface area contributed by atoms with Crippen LogP contribution in [-0.2, 0) is 0 Å². The van der Waals surface area contributed by atoms with E-state index in [1.165, 1.54) is 44.9 Å². The Labute approximate surface area is 130 Å². The second kappa shape index (κ2) is 5.26. The van der Waals surface area contributed by atoms with Gasteiger partial charge < -0.3 is 5.11 Å². The van der Waals surface area contributed by atoms with Crippen molar-refractivity contribution in [2.45, 2.75) is 78.7 Å². The van der Waals surface area contributed by atoms with Crippen LogP contribution in [0.1, 0.15) is 72.6 Å². The van der Waals surface area contributed by atoms with E-state index in [2.05, 4.69) is 19.9 Å². The van der Waals surface area contributed by atoms with Crippen molar-refractivity contribution in [2.75, 3.05) is 0 Å². The predicted molar refractivity (Wildman–Crippen MR) is 89.0 cm³/mol. The van der Waals surface area contributed by atoms with Gasteiger partial charge in [-0.1, -0.05) is 37.1 Å². The minimum atomic E-state index is -0.164. The molecule has 2 fully saturated rings. The second-order valence-corrected chi connectivity index (χ2v) is 8.01. The van der Waals surface area contributed by atoms with Gasteiger partial charge in [0, 0.05) is 0 Å². The summed E-state index contributed by atoms with van der Waals surface area (Å²) >= 11 is 0. The summed E-state index contributed by atoms with van der Waals surface area (Å²) < 4.78 is 0. The normalized spacial score (nSPS) is 45.2. The minimum Gasteiger partial charge on any atom is -0.389 e. The van der Waals surface area contributed by atoms with Crippen molar-refractivity contribution in [1.82, 2.24) is 0 Å². The van der Waals surface area contributed by atoms with Crippen LogP contribution in [-0.4, -0.2) is 11.2 Å². The van der Waals surface area contributed by atoms with Crippen LogP contribution in [0.15, 0.2) is 22.8 Å². The van der Waals surface area contributed by atoms with Gasteiger partial charge in [0.2, 0.25) is 0 Å². The van der Waals surface area contributed by atoms with Gasteiger partial charge in [-0.2, -0.15) is 0 Å². The Balaban J connectivity index is 0.00000132. The molecule has 5 atom stereocenters. The van der Waals surface area contributed by atoms with Crippen LogP contribution in [0.3, 0.4) is 0 Å². The Morgan fingerprint density at radius 2 is 1.90 bits per heavy atom. The standard InChI is InChI=1S/C19H28O.CH4/c1-12-3-5-16-15(12)7-8-18-17(16)6-4-13-11-14(20)9-10-19(13,18)2;/h11,14,16-18,20H,3-10H2,1-2H3;1H4/t14-,16?,17?,18?,19+;/m1./s1. The first-order valence-corrected chi connectivity index (χ1v) is 8.67. The fourth-order valence-corrected chi connectivity index (χ4v) is 6.12. The summed E-state index contributed by atoms with van der Waals surface area (Å²) in [7, 11) is 0. The zero-order valence-electron chi connectivity index (χ0n) is 13.0. The molecule has 0 aliphatic heterocycles. The third-order valence-corrected chi connectivity index (χ3v) is 7.24. The van der Waals surface area contributed by atoms with Crippen molar-refractivity contribution in [2.24, 2.45) is 23.2 Å². The van der Waals surface area contributed by atoms with Gasteiger partial charge in [0.05, 0.1) is 6.10 Å². The summed E-state index contributed by atoms with van der Waals surface area (Å²) in [5.41, 5.74) is 5.57. The molecule has 4 aliphatic carbocycles. The molecule has 0 radical (unpaired) electrons. The fourth-order valence-electron chi connectivity index (χ4n) is 6.12. The van der Waals surface area contributed by atoms with Crippen molar-refractivity contribution in [3.63, 3.8) is 0 Å². The van der Waals surface area contributed by atoms with Gasteiger partial charge in [-0.3, -0.25) is 0 Å². The van der Waals surface area contributed by atoms with E-state index in [1.54, 1.807) is 11.1 Å². The Kier molecular flexibility index (Phi) is 3.84. The highest BCUT2D eigenvalue weighted by Gasteiger charge is 2.51. The van der Waals surface area contributed by atoms with Crippen molar-refractivity contribution in [3.05, 3.63) is 22.8 Å². The number of aliphatic hydroxyl groups is 1. The van der Waals surface area contributed by atoms with E-state index in [-0.39, 0.29) is 13.5 Å². The van der Waals surface area contributed by atoms with Crippen LogP contribution in [0.2, 0.25) is 0 Å². The lowest BCUT2D eigenvalue weighted by Crippen LogP contribution is -2.46. The molecule has 4 aliphatic rings.